The Kier molecular flexibility index (Phi) is 2.63. The van der Waals surface area contributed by atoms with Crippen LogP contribution in [-0.4, -0.2) is 11.5 Å². The first-order chi connectivity index (χ1) is 4.33. The normalized spacial score (nSPS) is 10.0. The highest BCUT2D eigenvalue weighted by Gasteiger charge is 1.95. The van der Waals surface area contributed by atoms with Crippen LogP contribution in [-0.2, 0) is 6.42 Å². The highest BCUT2D eigenvalue weighted by Crippen LogP contribution is 2.17. The summed E-state index contributed by atoms with van der Waals surface area (Å²) in [4.78, 5) is 5.26. The third-order valence-electron chi connectivity index (χ3n) is 0.916. The van der Waals surface area contributed by atoms with Crippen LogP contribution in [0.1, 0.15) is 4.88 Å². The highest BCUT2D eigenvalue weighted by atomic mass is 79.9. The van der Waals surface area contributed by atoms with Crippen LogP contribution < -0.4 is 5.73 Å². The van der Waals surface area contributed by atoms with Crippen LogP contribution in [0.5, 0.6) is 0 Å². The van der Waals surface area contributed by atoms with Gasteiger partial charge in [0.05, 0.1) is 0 Å². The van der Waals surface area contributed by atoms with Crippen molar-refractivity contribution in [2.24, 2.45) is 5.73 Å². The molecule has 4 heteroatoms. The molecule has 1 heterocycles. The molecule has 0 aromatic carbocycles. The molecule has 0 fully saturated rings. The molecule has 2 N–H and O–H groups in total. The maximum Gasteiger partial charge on any atom is 0.159 e. The summed E-state index contributed by atoms with van der Waals surface area (Å²) < 4.78 is 0.936. The Labute approximate surface area is 66.2 Å². The van der Waals surface area contributed by atoms with Crippen molar-refractivity contribution in [2.45, 2.75) is 6.42 Å². The van der Waals surface area contributed by atoms with E-state index >= 15 is 0 Å². The number of hydrogen-bond acceptors (Lipinski definition) is 3. The van der Waals surface area contributed by atoms with Crippen molar-refractivity contribution in [3.8, 4) is 0 Å². The van der Waals surface area contributed by atoms with E-state index in [0.717, 1.165) is 10.3 Å². The summed E-state index contributed by atoms with van der Waals surface area (Å²) in [6, 6.07) is 0. The predicted octanol–water partition coefficient (Wildman–Crippen LogP) is 1.41. The van der Waals surface area contributed by atoms with Crippen molar-refractivity contribution in [1.82, 2.24) is 4.98 Å². The van der Waals surface area contributed by atoms with E-state index in [2.05, 4.69) is 20.9 Å². The van der Waals surface area contributed by atoms with Gasteiger partial charge in [-0.3, -0.25) is 0 Å². The molecule has 0 aliphatic rings. The van der Waals surface area contributed by atoms with Gasteiger partial charge in [-0.1, -0.05) is 0 Å². The minimum Gasteiger partial charge on any atom is -0.330 e. The lowest BCUT2D eigenvalue weighted by Crippen LogP contribution is -2.00. The fourth-order valence-electron chi connectivity index (χ4n) is 0.541. The van der Waals surface area contributed by atoms with Gasteiger partial charge >= 0.3 is 0 Å². The highest BCUT2D eigenvalue weighted by molar-refractivity contribution is 9.11. The van der Waals surface area contributed by atoms with Crippen LogP contribution in [0.4, 0.5) is 0 Å². The number of rotatable bonds is 2. The molecular weight excluding hydrogens is 200 g/mol. The van der Waals surface area contributed by atoms with Crippen molar-refractivity contribution >= 4 is 27.3 Å². The summed E-state index contributed by atoms with van der Waals surface area (Å²) in [7, 11) is 0. The lowest BCUT2D eigenvalue weighted by Gasteiger charge is -1.85. The molecule has 0 amide bonds. The van der Waals surface area contributed by atoms with Crippen LogP contribution in [0, 0.1) is 0 Å². The van der Waals surface area contributed by atoms with Crippen LogP contribution in [0.25, 0.3) is 0 Å². The molecule has 1 aromatic rings. The summed E-state index contributed by atoms with van der Waals surface area (Å²) in [5, 5.41) is 0. The first-order valence-corrected chi connectivity index (χ1v) is 4.24. The van der Waals surface area contributed by atoms with Crippen LogP contribution >= 0.6 is 27.3 Å². The third kappa shape index (κ3) is 2.04. The zero-order valence-corrected chi connectivity index (χ0v) is 7.20. The number of thiazole rings is 1. The molecule has 0 radical (unpaired) electrons. The van der Waals surface area contributed by atoms with Gasteiger partial charge in [-0.15, -0.1) is 11.3 Å². The van der Waals surface area contributed by atoms with Crippen molar-refractivity contribution in [2.75, 3.05) is 6.54 Å². The summed E-state index contributed by atoms with van der Waals surface area (Å²) in [6.07, 6.45) is 2.78. The van der Waals surface area contributed by atoms with E-state index in [-0.39, 0.29) is 0 Å². The Morgan fingerprint density at radius 3 is 3.00 bits per heavy atom. The van der Waals surface area contributed by atoms with Gasteiger partial charge in [-0.25, -0.2) is 4.98 Å². The first-order valence-electron chi connectivity index (χ1n) is 2.63. The molecular formula is C5H7BrN2S. The Hall–Kier alpha value is 0.0700. The Morgan fingerprint density at radius 1 is 1.78 bits per heavy atom. The standard InChI is InChI=1S/C5H7BrN2S/c6-5-8-3-4(9-5)1-2-7/h3H,1-2,7H2. The number of hydrogen-bond donors (Lipinski definition) is 1. The van der Waals surface area contributed by atoms with Gasteiger partial charge in [0.25, 0.3) is 0 Å². The zero-order chi connectivity index (χ0) is 6.69. The minimum absolute atomic E-state index is 0.703. The zero-order valence-electron chi connectivity index (χ0n) is 4.80. The molecule has 0 aliphatic carbocycles. The van der Waals surface area contributed by atoms with E-state index in [0.29, 0.717) is 6.54 Å². The van der Waals surface area contributed by atoms with Gasteiger partial charge in [0.1, 0.15) is 0 Å². The molecule has 0 saturated heterocycles. The third-order valence-corrected chi connectivity index (χ3v) is 2.45. The number of nitrogens with two attached hydrogens (primary N) is 1. The molecule has 9 heavy (non-hydrogen) atoms. The largest absolute Gasteiger partial charge is 0.330 e. The van der Waals surface area contributed by atoms with Gasteiger partial charge in [0.15, 0.2) is 3.92 Å². The van der Waals surface area contributed by atoms with Gasteiger partial charge in [0, 0.05) is 11.1 Å². The van der Waals surface area contributed by atoms with Crippen molar-refractivity contribution < 1.29 is 0 Å². The van der Waals surface area contributed by atoms with E-state index in [1.54, 1.807) is 11.3 Å². The van der Waals surface area contributed by atoms with Gasteiger partial charge in [-0.2, -0.15) is 0 Å². The molecule has 1 aromatic heterocycles. The van der Waals surface area contributed by atoms with E-state index in [9.17, 15) is 0 Å². The molecule has 0 unspecified atom stereocenters. The van der Waals surface area contributed by atoms with Crippen molar-refractivity contribution in [1.29, 1.82) is 0 Å². The molecule has 0 bridgehead atoms. The van der Waals surface area contributed by atoms with E-state index in [1.807, 2.05) is 6.20 Å². The second-order valence-corrected chi connectivity index (χ2v) is 4.01. The fraction of sp³-hybridized carbons (Fsp3) is 0.400. The number of halogens is 1. The van der Waals surface area contributed by atoms with Crippen LogP contribution in [0.3, 0.4) is 0 Å². The number of nitrogens with zero attached hydrogens (tertiary/aromatic N) is 1. The Balaban J connectivity index is 2.61. The molecule has 2 nitrogen and oxygen atoms in total. The molecule has 0 spiro atoms. The molecule has 0 saturated carbocycles. The molecule has 50 valence electrons. The van der Waals surface area contributed by atoms with Crippen LogP contribution in [0.15, 0.2) is 10.1 Å². The Morgan fingerprint density at radius 2 is 2.56 bits per heavy atom. The van der Waals surface area contributed by atoms with E-state index < -0.39 is 0 Å². The first kappa shape index (κ1) is 7.18. The average Bonchev–Trinajstić information content (AvgIpc) is 2.17. The number of aromatic nitrogens is 1. The second kappa shape index (κ2) is 3.29. The summed E-state index contributed by atoms with van der Waals surface area (Å²) >= 11 is 4.91. The minimum atomic E-state index is 0.703. The van der Waals surface area contributed by atoms with Crippen molar-refractivity contribution in [3.05, 3.63) is 15.0 Å². The SMILES string of the molecule is NCCc1cnc(Br)s1. The average molecular weight is 207 g/mol. The molecule has 0 atom stereocenters. The van der Waals surface area contributed by atoms with E-state index in [1.165, 1.54) is 4.88 Å². The maximum atomic E-state index is 5.33. The van der Waals surface area contributed by atoms with Gasteiger partial charge < -0.3 is 5.73 Å². The molecule has 1 rings (SSSR count). The van der Waals surface area contributed by atoms with Gasteiger partial charge in [-0.05, 0) is 28.9 Å². The lowest BCUT2D eigenvalue weighted by molar-refractivity contribution is 0.984. The van der Waals surface area contributed by atoms with E-state index in [4.69, 9.17) is 5.73 Å². The Bertz CT molecular complexity index is 187. The predicted molar refractivity (Wildman–Crippen MR) is 42.6 cm³/mol. The topological polar surface area (TPSA) is 38.9 Å². The maximum absolute atomic E-state index is 5.33. The quantitative estimate of drug-likeness (QED) is 0.796. The molecule has 0 aliphatic heterocycles. The summed E-state index contributed by atoms with van der Waals surface area (Å²) in [6.45, 7) is 0.703. The summed E-state index contributed by atoms with van der Waals surface area (Å²) in [5.41, 5.74) is 5.33. The second-order valence-electron chi connectivity index (χ2n) is 1.62. The monoisotopic (exact) mass is 206 g/mol. The van der Waals surface area contributed by atoms with Gasteiger partial charge in [0.2, 0.25) is 0 Å². The smallest absolute Gasteiger partial charge is 0.159 e. The fourth-order valence-corrected chi connectivity index (χ4v) is 1.91. The lowest BCUT2D eigenvalue weighted by atomic mass is 10.4. The summed E-state index contributed by atoms with van der Waals surface area (Å²) in [5.74, 6) is 0. The van der Waals surface area contributed by atoms with Crippen LogP contribution in [0.2, 0.25) is 0 Å². The van der Waals surface area contributed by atoms with Crippen molar-refractivity contribution in [3.63, 3.8) is 0 Å².